The van der Waals surface area contributed by atoms with Crippen LogP contribution in [-0.4, -0.2) is 23.3 Å². The molecule has 0 aliphatic carbocycles. The fourth-order valence-electron chi connectivity index (χ4n) is 3.80. The molecule has 4 rings (SSSR count). The van der Waals surface area contributed by atoms with Crippen LogP contribution in [0.4, 0.5) is 5.69 Å². The molecule has 1 unspecified atom stereocenters. The first kappa shape index (κ1) is 14.9. The van der Waals surface area contributed by atoms with Gasteiger partial charge >= 0.3 is 0 Å². The van der Waals surface area contributed by atoms with Gasteiger partial charge in [-0.1, -0.05) is 25.0 Å². The van der Waals surface area contributed by atoms with Crippen LogP contribution in [0, 0.1) is 0 Å². The van der Waals surface area contributed by atoms with Gasteiger partial charge in [0.2, 0.25) is 0 Å². The molecule has 3 nitrogen and oxygen atoms in total. The minimum atomic E-state index is 0.614. The monoisotopic (exact) mass is 325 g/mol. The zero-order valence-corrected chi connectivity index (χ0v) is 14.2. The van der Waals surface area contributed by atoms with Crippen LogP contribution in [0.3, 0.4) is 0 Å². The molecule has 0 radical (unpaired) electrons. The van der Waals surface area contributed by atoms with Crippen LogP contribution >= 0.6 is 11.3 Å². The highest BCUT2D eigenvalue weighted by molar-refractivity contribution is 7.12. The standard InChI is InChI=1S/C19H23N3S/c20-19(18-6-4-10-23-18)21-16-8-7-14-12-17-5-2-1-3-9-22(17)13-15(14)11-16/h4,6-8,10-11,17H,1-3,5,9,12-13H2,(H2,20,21). The van der Waals surface area contributed by atoms with Gasteiger partial charge < -0.3 is 5.73 Å². The third-order valence-corrected chi connectivity index (χ3v) is 5.93. The van der Waals surface area contributed by atoms with Crippen LogP contribution in [0.1, 0.15) is 41.7 Å². The van der Waals surface area contributed by atoms with Crippen molar-refractivity contribution in [3.8, 4) is 0 Å². The van der Waals surface area contributed by atoms with E-state index in [0.29, 0.717) is 5.84 Å². The summed E-state index contributed by atoms with van der Waals surface area (Å²) in [6, 6.07) is 11.4. The fourth-order valence-corrected chi connectivity index (χ4v) is 4.42. The molecule has 2 aromatic rings. The Balaban J connectivity index is 1.59. The van der Waals surface area contributed by atoms with Gasteiger partial charge in [0.1, 0.15) is 5.84 Å². The van der Waals surface area contributed by atoms with E-state index in [2.05, 4.69) is 28.1 Å². The second-order valence-electron chi connectivity index (χ2n) is 6.61. The molecule has 4 heteroatoms. The number of benzene rings is 1. The van der Waals surface area contributed by atoms with Crippen molar-refractivity contribution in [3.05, 3.63) is 51.7 Å². The third-order valence-electron chi connectivity index (χ3n) is 5.04. The molecule has 2 aliphatic rings. The van der Waals surface area contributed by atoms with Crippen molar-refractivity contribution >= 4 is 22.9 Å². The molecule has 0 amide bonds. The summed E-state index contributed by atoms with van der Waals surface area (Å²) in [4.78, 5) is 8.33. The number of amidine groups is 1. The number of nitrogens with zero attached hydrogens (tertiary/aromatic N) is 2. The highest BCUT2D eigenvalue weighted by Crippen LogP contribution is 2.31. The van der Waals surface area contributed by atoms with Crippen LogP contribution in [0.5, 0.6) is 0 Å². The number of hydrogen-bond acceptors (Lipinski definition) is 3. The van der Waals surface area contributed by atoms with E-state index >= 15 is 0 Å². The number of aliphatic imine (C=N–C) groups is 1. The van der Waals surface area contributed by atoms with Crippen LogP contribution in [0.15, 0.2) is 40.7 Å². The second-order valence-corrected chi connectivity index (χ2v) is 7.55. The molecule has 23 heavy (non-hydrogen) atoms. The number of rotatable bonds is 2. The van der Waals surface area contributed by atoms with Gasteiger partial charge in [-0.3, -0.25) is 4.90 Å². The molecular weight excluding hydrogens is 302 g/mol. The quantitative estimate of drug-likeness (QED) is 0.667. The van der Waals surface area contributed by atoms with Gasteiger partial charge in [0.15, 0.2) is 0 Å². The molecule has 3 heterocycles. The summed E-state index contributed by atoms with van der Waals surface area (Å²) in [5, 5.41) is 2.03. The number of thiophene rings is 1. The molecule has 1 fully saturated rings. The SMILES string of the molecule is NC(=Nc1ccc2c(c1)CN1CCCCCC1C2)c1cccs1. The van der Waals surface area contributed by atoms with E-state index in [0.717, 1.165) is 23.2 Å². The van der Waals surface area contributed by atoms with Crippen molar-refractivity contribution in [1.82, 2.24) is 4.90 Å². The maximum absolute atomic E-state index is 6.12. The highest BCUT2D eigenvalue weighted by Gasteiger charge is 2.27. The summed E-state index contributed by atoms with van der Waals surface area (Å²) >= 11 is 1.63. The maximum atomic E-state index is 6.12. The predicted octanol–water partition coefficient (Wildman–Crippen LogP) is 4.09. The van der Waals surface area contributed by atoms with Crippen molar-refractivity contribution in [1.29, 1.82) is 0 Å². The van der Waals surface area contributed by atoms with Crippen molar-refractivity contribution in [2.75, 3.05) is 6.54 Å². The molecule has 2 N–H and O–H groups in total. The average Bonchev–Trinajstić information content (AvgIpc) is 3.00. The van der Waals surface area contributed by atoms with Crippen molar-refractivity contribution in [2.45, 2.75) is 44.7 Å². The zero-order chi connectivity index (χ0) is 15.6. The van der Waals surface area contributed by atoms with E-state index in [-0.39, 0.29) is 0 Å². The van der Waals surface area contributed by atoms with E-state index in [4.69, 9.17) is 5.73 Å². The first-order chi connectivity index (χ1) is 11.3. The molecule has 0 bridgehead atoms. The minimum Gasteiger partial charge on any atom is -0.383 e. The smallest absolute Gasteiger partial charge is 0.141 e. The summed E-state index contributed by atoms with van der Waals surface area (Å²) in [5.74, 6) is 0.614. The third kappa shape index (κ3) is 3.19. The Morgan fingerprint density at radius 1 is 1.17 bits per heavy atom. The van der Waals surface area contributed by atoms with Gasteiger partial charge in [0.05, 0.1) is 10.6 Å². The van der Waals surface area contributed by atoms with E-state index in [1.165, 1.54) is 49.8 Å². The predicted molar refractivity (Wildman–Crippen MR) is 97.5 cm³/mol. The van der Waals surface area contributed by atoms with Gasteiger partial charge in [-0.05, 0) is 60.5 Å². The lowest BCUT2D eigenvalue weighted by molar-refractivity contribution is 0.175. The largest absolute Gasteiger partial charge is 0.383 e. The van der Waals surface area contributed by atoms with Gasteiger partial charge in [-0.25, -0.2) is 4.99 Å². The normalized spacial score (nSPS) is 22.3. The van der Waals surface area contributed by atoms with Crippen molar-refractivity contribution in [2.24, 2.45) is 10.7 Å². The van der Waals surface area contributed by atoms with Crippen LogP contribution < -0.4 is 5.73 Å². The van der Waals surface area contributed by atoms with E-state index in [1.807, 2.05) is 17.5 Å². The molecule has 1 saturated heterocycles. The van der Waals surface area contributed by atoms with Crippen molar-refractivity contribution < 1.29 is 0 Å². The van der Waals surface area contributed by atoms with Gasteiger partial charge in [-0.2, -0.15) is 0 Å². The topological polar surface area (TPSA) is 41.6 Å². The molecule has 0 saturated carbocycles. The van der Waals surface area contributed by atoms with Gasteiger partial charge in [0, 0.05) is 12.6 Å². The number of fused-ring (bicyclic) bond motifs is 2. The Labute approximate surface area is 141 Å². The molecular formula is C19H23N3S. The highest BCUT2D eigenvalue weighted by atomic mass is 32.1. The summed E-state index contributed by atoms with van der Waals surface area (Å²) < 4.78 is 0. The summed E-state index contributed by atoms with van der Waals surface area (Å²) in [7, 11) is 0. The Bertz CT molecular complexity index is 705. The van der Waals surface area contributed by atoms with E-state index in [9.17, 15) is 0 Å². The first-order valence-electron chi connectivity index (χ1n) is 8.53. The lowest BCUT2D eigenvalue weighted by Crippen LogP contribution is -2.39. The zero-order valence-electron chi connectivity index (χ0n) is 13.4. The molecule has 1 aromatic heterocycles. The lowest BCUT2D eigenvalue weighted by Gasteiger charge is -2.35. The first-order valence-corrected chi connectivity index (χ1v) is 9.41. The van der Waals surface area contributed by atoms with Crippen LogP contribution in [0.25, 0.3) is 0 Å². The molecule has 1 atom stereocenters. The maximum Gasteiger partial charge on any atom is 0.141 e. The van der Waals surface area contributed by atoms with Gasteiger partial charge in [-0.15, -0.1) is 11.3 Å². The van der Waals surface area contributed by atoms with E-state index < -0.39 is 0 Å². The molecule has 2 aliphatic heterocycles. The molecule has 0 spiro atoms. The molecule has 120 valence electrons. The summed E-state index contributed by atoms with van der Waals surface area (Å²) in [5.41, 5.74) is 10.0. The van der Waals surface area contributed by atoms with E-state index in [1.54, 1.807) is 11.3 Å². The second kappa shape index (κ2) is 6.46. The fraction of sp³-hybridized carbons (Fsp3) is 0.421. The minimum absolute atomic E-state index is 0.614. The Kier molecular flexibility index (Phi) is 4.19. The summed E-state index contributed by atoms with van der Waals surface area (Å²) in [6.07, 6.45) is 6.66. The van der Waals surface area contributed by atoms with Crippen LogP contribution in [-0.2, 0) is 13.0 Å². The Morgan fingerprint density at radius 3 is 3.00 bits per heavy atom. The van der Waals surface area contributed by atoms with Gasteiger partial charge in [0.25, 0.3) is 0 Å². The Morgan fingerprint density at radius 2 is 2.13 bits per heavy atom. The molecule has 1 aromatic carbocycles. The van der Waals surface area contributed by atoms with Crippen molar-refractivity contribution in [3.63, 3.8) is 0 Å². The Hall–Kier alpha value is -1.65. The summed E-state index contributed by atoms with van der Waals surface area (Å²) in [6.45, 7) is 2.32. The lowest BCUT2D eigenvalue weighted by atomic mass is 9.92. The number of hydrogen-bond donors (Lipinski definition) is 1. The van der Waals surface area contributed by atoms with Crippen LogP contribution in [0.2, 0.25) is 0 Å². The number of nitrogens with two attached hydrogens (primary N) is 1. The average molecular weight is 325 g/mol.